The van der Waals surface area contributed by atoms with Gasteiger partial charge in [0.25, 0.3) is 0 Å². The Morgan fingerprint density at radius 3 is 2.64 bits per heavy atom. The van der Waals surface area contributed by atoms with E-state index in [1.165, 1.54) is 7.11 Å². The molecule has 1 N–H and O–H groups in total. The number of aliphatic hydroxyl groups is 1. The molecule has 0 aromatic rings. The second-order valence-corrected chi connectivity index (χ2v) is 10.6. The van der Waals surface area contributed by atoms with Crippen LogP contribution >= 0.6 is 0 Å². The van der Waals surface area contributed by atoms with E-state index in [2.05, 4.69) is 13.5 Å². The molecule has 188 valence electrons. The number of ether oxygens (including phenoxy) is 6. The number of hydrogen-bond donors (Lipinski definition) is 1. The molecule has 8 heteroatoms. The van der Waals surface area contributed by atoms with Crippen molar-refractivity contribution in [2.45, 2.75) is 114 Å². The van der Waals surface area contributed by atoms with E-state index in [9.17, 15) is 9.90 Å². The van der Waals surface area contributed by atoms with Crippen molar-refractivity contribution >= 4 is 5.97 Å². The molecule has 0 radical (unpaired) electrons. The third-order valence-electron chi connectivity index (χ3n) is 7.76. The molecule has 4 saturated heterocycles. The highest BCUT2D eigenvalue weighted by Gasteiger charge is 2.52. The molecule has 4 aliphatic heterocycles. The van der Waals surface area contributed by atoms with Crippen LogP contribution in [0.15, 0.2) is 12.2 Å². The summed E-state index contributed by atoms with van der Waals surface area (Å²) in [7, 11) is 1.40. The van der Waals surface area contributed by atoms with Crippen molar-refractivity contribution in [3.8, 4) is 0 Å². The normalized spacial score (nSPS) is 45.1. The fourth-order valence-electron chi connectivity index (χ4n) is 5.70. The van der Waals surface area contributed by atoms with Crippen molar-refractivity contribution in [1.82, 2.24) is 0 Å². The lowest BCUT2D eigenvalue weighted by Crippen LogP contribution is -2.63. The van der Waals surface area contributed by atoms with Crippen LogP contribution in [-0.2, 0) is 33.2 Å². The Morgan fingerprint density at radius 1 is 1.15 bits per heavy atom. The number of carbonyl (C=O) groups excluding carboxylic acids is 1. The first-order valence-electron chi connectivity index (χ1n) is 12.3. The molecule has 0 unspecified atom stereocenters. The minimum Gasteiger partial charge on any atom is -0.469 e. The predicted octanol–water partition coefficient (Wildman–Crippen LogP) is 2.75. The van der Waals surface area contributed by atoms with Gasteiger partial charge in [0.15, 0.2) is 5.79 Å². The molecule has 8 nitrogen and oxygen atoms in total. The van der Waals surface area contributed by atoms with Crippen LogP contribution in [0.1, 0.15) is 59.8 Å². The lowest BCUT2D eigenvalue weighted by Gasteiger charge is -2.53. The van der Waals surface area contributed by atoms with E-state index in [0.29, 0.717) is 32.3 Å². The molecule has 0 amide bonds. The van der Waals surface area contributed by atoms with Gasteiger partial charge in [-0.2, -0.15) is 0 Å². The van der Waals surface area contributed by atoms with Gasteiger partial charge in [-0.15, -0.1) is 0 Å². The first kappa shape index (κ1) is 25.1. The summed E-state index contributed by atoms with van der Waals surface area (Å²) in [5.41, 5.74) is 1.02. The fourth-order valence-corrected chi connectivity index (χ4v) is 5.70. The Labute approximate surface area is 196 Å². The Bertz CT molecular complexity index is 723. The van der Waals surface area contributed by atoms with E-state index in [1.54, 1.807) is 0 Å². The van der Waals surface area contributed by atoms with Crippen molar-refractivity contribution in [3.63, 3.8) is 0 Å². The standard InChI is InChI=1S/C25H40O8/c1-13-9-16(7-8-22(26)28-6)30-17(14(13)2)10-19-23(27)15(3)24-20(31-19)11-18-21(32-24)12-29-25(4,5)33-18/h13,15-21,23-24,27H,2,7-12H2,1,3-6H3/t13-,15-,16+,17-,18-,19+,20+,21-,23-,24+/m1/s1. The molecule has 33 heavy (non-hydrogen) atoms. The van der Waals surface area contributed by atoms with Crippen molar-refractivity contribution in [3.05, 3.63) is 12.2 Å². The molecule has 0 aliphatic carbocycles. The topological polar surface area (TPSA) is 92.7 Å². The van der Waals surface area contributed by atoms with Crippen LogP contribution in [0.5, 0.6) is 0 Å². The zero-order chi connectivity index (χ0) is 23.9. The number of aliphatic hydroxyl groups excluding tert-OH is 1. The molecular weight excluding hydrogens is 428 g/mol. The van der Waals surface area contributed by atoms with Gasteiger partial charge in [-0.3, -0.25) is 4.79 Å². The van der Waals surface area contributed by atoms with Gasteiger partial charge in [0.1, 0.15) is 6.10 Å². The molecule has 0 aromatic carbocycles. The maximum atomic E-state index is 11.6. The maximum absolute atomic E-state index is 11.6. The van der Waals surface area contributed by atoms with Crippen LogP contribution in [0.3, 0.4) is 0 Å². The maximum Gasteiger partial charge on any atom is 0.305 e. The number of hydrogen-bond acceptors (Lipinski definition) is 8. The largest absolute Gasteiger partial charge is 0.469 e. The molecule has 4 rings (SSSR count). The van der Waals surface area contributed by atoms with Gasteiger partial charge in [0.2, 0.25) is 0 Å². The number of methoxy groups -OCH3 is 1. The van der Waals surface area contributed by atoms with E-state index in [4.69, 9.17) is 28.4 Å². The van der Waals surface area contributed by atoms with Gasteiger partial charge in [0, 0.05) is 25.2 Å². The second kappa shape index (κ2) is 9.91. The van der Waals surface area contributed by atoms with Crippen molar-refractivity contribution in [1.29, 1.82) is 0 Å². The van der Waals surface area contributed by atoms with Crippen LogP contribution in [-0.4, -0.2) is 79.4 Å². The Morgan fingerprint density at radius 2 is 1.91 bits per heavy atom. The summed E-state index contributed by atoms with van der Waals surface area (Å²) in [6.45, 7) is 12.7. The molecule has 0 spiro atoms. The van der Waals surface area contributed by atoms with E-state index in [1.807, 2.05) is 20.8 Å². The SMILES string of the molecule is C=C1[C@H](C)C[C@H](CCC(=O)OC)O[C@@H]1C[C@@H]1O[C@H]2C[C@H]3OC(C)(C)OC[C@H]3O[C@H]2[C@H](C)[C@H]1O. The summed E-state index contributed by atoms with van der Waals surface area (Å²) in [6.07, 6.45) is 1.07. The summed E-state index contributed by atoms with van der Waals surface area (Å²) in [5.74, 6) is -0.685. The quantitative estimate of drug-likeness (QED) is 0.486. The van der Waals surface area contributed by atoms with Gasteiger partial charge in [-0.25, -0.2) is 0 Å². The number of esters is 1. The summed E-state index contributed by atoms with van der Waals surface area (Å²) in [5, 5.41) is 11.1. The zero-order valence-electron chi connectivity index (χ0n) is 20.5. The zero-order valence-corrected chi connectivity index (χ0v) is 20.5. The van der Waals surface area contributed by atoms with E-state index in [-0.39, 0.29) is 60.5 Å². The Kier molecular flexibility index (Phi) is 7.53. The second-order valence-electron chi connectivity index (χ2n) is 10.6. The van der Waals surface area contributed by atoms with Gasteiger partial charge in [-0.05, 0) is 38.2 Å². The molecular formula is C25H40O8. The molecule has 4 aliphatic rings. The lowest BCUT2D eigenvalue weighted by molar-refractivity contribution is -0.355. The van der Waals surface area contributed by atoms with Crippen molar-refractivity contribution in [2.24, 2.45) is 11.8 Å². The third kappa shape index (κ3) is 5.46. The highest BCUT2D eigenvalue weighted by atomic mass is 16.7. The molecule has 4 heterocycles. The van der Waals surface area contributed by atoms with Crippen LogP contribution in [0.4, 0.5) is 0 Å². The van der Waals surface area contributed by atoms with E-state index < -0.39 is 11.9 Å². The molecule has 0 aromatic heterocycles. The van der Waals surface area contributed by atoms with Gasteiger partial charge in [-0.1, -0.05) is 20.4 Å². The highest BCUT2D eigenvalue weighted by molar-refractivity contribution is 5.69. The van der Waals surface area contributed by atoms with Gasteiger partial charge < -0.3 is 33.5 Å². The lowest BCUT2D eigenvalue weighted by atomic mass is 9.79. The van der Waals surface area contributed by atoms with Crippen LogP contribution < -0.4 is 0 Å². The van der Waals surface area contributed by atoms with Gasteiger partial charge >= 0.3 is 5.97 Å². The third-order valence-corrected chi connectivity index (χ3v) is 7.76. The Balaban J connectivity index is 1.40. The van der Waals surface area contributed by atoms with Crippen LogP contribution in [0, 0.1) is 11.8 Å². The number of carbonyl (C=O) groups is 1. The van der Waals surface area contributed by atoms with Crippen LogP contribution in [0.25, 0.3) is 0 Å². The molecule has 4 fully saturated rings. The summed E-state index contributed by atoms with van der Waals surface area (Å²) in [6, 6.07) is 0. The van der Waals surface area contributed by atoms with Crippen molar-refractivity contribution < 1.29 is 38.3 Å². The van der Waals surface area contributed by atoms with Crippen molar-refractivity contribution in [2.75, 3.05) is 13.7 Å². The van der Waals surface area contributed by atoms with E-state index in [0.717, 1.165) is 12.0 Å². The van der Waals surface area contributed by atoms with Gasteiger partial charge in [0.05, 0.1) is 56.4 Å². The first-order valence-corrected chi connectivity index (χ1v) is 12.3. The first-order chi connectivity index (χ1) is 15.6. The summed E-state index contributed by atoms with van der Waals surface area (Å²) < 4.78 is 35.7. The average molecular weight is 469 g/mol. The monoisotopic (exact) mass is 468 g/mol. The summed E-state index contributed by atoms with van der Waals surface area (Å²) >= 11 is 0. The number of rotatable bonds is 5. The predicted molar refractivity (Wildman–Crippen MR) is 119 cm³/mol. The smallest absolute Gasteiger partial charge is 0.305 e. The van der Waals surface area contributed by atoms with Crippen LogP contribution in [0.2, 0.25) is 0 Å². The highest BCUT2D eigenvalue weighted by Crippen LogP contribution is 2.42. The fraction of sp³-hybridized carbons (Fsp3) is 0.880. The summed E-state index contributed by atoms with van der Waals surface area (Å²) in [4.78, 5) is 11.6. The minimum absolute atomic E-state index is 0.0443. The number of fused-ring (bicyclic) bond motifs is 2. The average Bonchev–Trinajstić information content (AvgIpc) is 2.77. The minimum atomic E-state index is -0.674. The molecule has 10 atom stereocenters. The van der Waals surface area contributed by atoms with E-state index >= 15 is 0 Å². The molecule has 0 bridgehead atoms. The molecule has 0 saturated carbocycles. The Hall–Kier alpha value is -1.03.